The van der Waals surface area contributed by atoms with Crippen molar-refractivity contribution in [3.8, 4) is 0 Å². The number of likely N-dealkylation sites (tertiary alicyclic amines) is 1. The average molecular weight is 419 g/mol. The third kappa shape index (κ3) is 3.65. The Morgan fingerprint density at radius 1 is 1.16 bits per heavy atom. The molecule has 4 nitrogen and oxygen atoms in total. The number of ether oxygens (including phenoxy) is 1. The van der Waals surface area contributed by atoms with Gasteiger partial charge in [-0.25, -0.2) is 0 Å². The first-order chi connectivity index (χ1) is 15.1. The maximum atomic E-state index is 12.9. The number of amides is 1. The van der Waals surface area contributed by atoms with E-state index in [2.05, 4.69) is 47.1 Å². The molecule has 4 heteroatoms. The third-order valence-electron chi connectivity index (χ3n) is 8.02. The normalized spacial score (nSPS) is 25.1. The second-order valence-corrected chi connectivity index (χ2v) is 9.71. The lowest BCUT2D eigenvalue weighted by Crippen LogP contribution is -2.45. The van der Waals surface area contributed by atoms with Gasteiger partial charge in [-0.3, -0.25) is 4.79 Å². The molecule has 1 aromatic carbocycles. The molecule has 1 spiro atoms. The molecule has 1 fully saturated rings. The van der Waals surface area contributed by atoms with E-state index in [-0.39, 0.29) is 11.3 Å². The zero-order chi connectivity index (χ0) is 21.4. The summed E-state index contributed by atoms with van der Waals surface area (Å²) in [6.45, 7) is 7.07. The predicted molar refractivity (Wildman–Crippen MR) is 124 cm³/mol. The van der Waals surface area contributed by atoms with Crippen LogP contribution >= 0.6 is 0 Å². The molecule has 2 aliphatic carbocycles. The number of piperidine rings is 1. The van der Waals surface area contributed by atoms with Crippen LogP contribution in [0, 0.1) is 0 Å². The molecular formula is C27H34N2O2. The van der Waals surface area contributed by atoms with Crippen LogP contribution in [-0.4, -0.2) is 37.6 Å². The molecule has 2 aliphatic heterocycles. The van der Waals surface area contributed by atoms with Crippen LogP contribution in [0.3, 0.4) is 0 Å². The Hall–Kier alpha value is -2.33. The molecule has 4 aliphatic rings. The van der Waals surface area contributed by atoms with Crippen molar-refractivity contribution in [2.24, 2.45) is 0 Å². The van der Waals surface area contributed by atoms with Gasteiger partial charge in [0.15, 0.2) is 0 Å². The number of hydrogen-bond acceptors (Lipinski definition) is 3. The molecule has 31 heavy (non-hydrogen) atoms. The van der Waals surface area contributed by atoms with E-state index in [4.69, 9.17) is 4.74 Å². The van der Waals surface area contributed by atoms with Gasteiger partial charge >= 0.3 is 0 Å². The van der Waals surface area contributed by atoms with Gasteiger partial charge in [0.2, 0.25) is 0 Å². The van der Waals surface area contributed by atoms with Gasteiger partial charge in [0.05, 0.1) is 0 Å². The Morgan fingerprint density at radius 3 is 2.68 bits per heavy atom. The summed E-state index contributed by atoms with van der Waals surface area (Å²) < 4.78 is 5.39. The fourth-order valence-electron chi connectivity index (χ4n) is 6.35. The van der Waals surface area contributed by atoms with E-state index in [0.717, 1.165) is 81.6 Å². The molecule has 0 radical (unpaired) electrons. The molecule has 1 unspecified atom stereocenters. The second kappa shape index (κ2) is 8.31. The molecule has 164 valence electrons. The molecule has 1 N–H and O–H groups in total. The number of hydrogen-bond donors (Lipinski definition) is 1. The Labute approximate surface area is 186 Å². The maximum absolute atomic E-state index is 12.9. The van der Waals surface area contributed by atoms with E-state index in [1.54, 1.807) is 12.7 Å². The highest BCUT2D eigenvalue weighted by Crippen LogP contribution is 2.53. The zero-order valence-corrected chi connectivity index (χ0v) is 18.7. The smallest absolute Gasteiger partial charge is 0.252 e. The minimum Gasteiger partial charge on any atom is -0.385 e. The van der Waals surface area contributed by atoms with Crippen molar-refractivity contribution in [2.45, 2.75) is 62.7 Å². The number of nitrogens with one attached hydrogen (secondary N) is 1. The van der Waals surface area contributed by atoms with E-state index < -0.39 is 0 Å². The Kier molecular flexibility index (Phi) is 5.51. The number of carbonyl (C=O) groups is 1. The average Bonchev–Trinajstić information content (AvgIpc) is 3.03. The summed E-state index contributed by atoms with van der Waals surface area (Å²) in [5.41, 5.74) is 6.50. The third-order valence-corrected chi connectivity index (χ3v) is 8.02. The van der Waals surface area contributed by atoms with E-state index in [0.29, 0.717) is 5.92 Å². The molecule has 0 aromatic heterocycles. The Balaban J connectivity index is 1.33. The highest BCUT2D eigenvalue weighted by molar-refractivity contribution is 5.97. The van der Waals surface area contributed by atoms with Gasteiger partial charge in [-0.15, -0.1) is 0 Å². The summed E-state index contributed by atoms with van der Waals surface area (Å²) in [4.78, 5) is 15.3. The lowest BCUT2D eigenvalue weighted by Gasteiger charge is -2.42. The van der Waals surface area contributed by atoms with E-state index >= 15 is 0 Å². The van der Waals surface area contributed by atoms with Crippen LogP contribution in [0.4, 0.5) is 0 Å². The van der Waals surface area contributed by atoms with Crippen molar-refractivity contribution in [1.82, 2.24) is 10.2 Å². The number of methoxy groups -OCH3 is 1. The van der Waals surface area contributed by atoms with Crippen LogP contribution in [0.1, 0.15) is 68.4 Å². The first kappa shape index (κ1) is 20.6. The fraction of sp³-hybridized carbons (Fsp3) is 0.519. The summed E-state index contributed by atoms with van der Waals surface area (Å²) in [6.07, 6.45) is 10.8. The molecule has 1 saturated heterocycles. The Bertz CT molecular complexity index is 950. The molecule has 0 bridgehead atoms. The largest absolute Gasteiger partial charge is 0.385 e. The van der Waals surface area contributed by atoms with Gasteiger partial charge in [0, 0.05) is 32.4 Å². The zero-order valence-electron chi connectivity index (χ0n) is 18.7. The number of allylic oxidation sites excluding steroid dienone is 3. The molecule has 2 heterocycles. The first-order valence-electron chi connectivity index (χ1n) is 11.9. The molecule has 1 aromatic rings. The van der Waals surface area contributed by atoms with Crippen molar-refractivity contribution in [3.63, 3.8) is 0 Å². The SMILES string of the molecule is C=C1C=C(N2CCC3(CC2)CC(CCOC)c2ccccc23)NC(=O)C2=C1CCCC2. The fourth-order valence-corrected chi connectivity index (χ4v) is 6.35. The van der Waals surface area contributed by atoms with Crippen LogP contribution in [0.5, 0.6) is 0 Å². The summed E-state index contributed by atoms with van der Waals surface area (Å²) in [5.74, 6) is 1.63. The van der Waals surface area contributed by atoms with Gasteiger partial charge < -0.3 is 15.0 Å². The highest BCUT2D eigenvalue weighted by Gasteiger charge is 2.45. The van der Waals surface area contributed by atoms with Gasteiger partial charge in [0.25, 0.3) is 5.91 Å². The van der Waals surface area contributed by atoms with Gasteiger partial charge in [0.1, 0.15) is 5.82 Å². The number of carbonyl (C=O) groups excluding carboxylic acids is 1. The van der Waals surface area contributed by atoms with E-state index in [9.17, 15) is 4.79 Å². The summed E-state index contributed by atoms with van der Waals surface area (Å²) in [6, 6.07) is 9.05. The minimum absolute atomic E-state index is 0.0886. The molecule has 5 rings (SSSR count). The summed E-state index contributed by atoms with van der Waals surface area (Å²) >= 11 is 0. The lowest BCUT2D eigenvalue weighted by atomic mass is 9.73. The van der Waals surface area contributed by atoms with Crippen molar-refractivity contribution < 1.29 is 9.53 Å². The van der Waals surface area contributed by atoms with Gasteiger partial charge in [-0.1, -0.05) is 30.8 Å². The van der Waals surface area contributed by atoms with Crippen molar-refractivity contribution in [1.29, 1.82) is 0 Å². The summed E-state index contributed by atoms with van der Waals surface area (Å²) in [7, 11) is 1.80. The molecule has 0 saturated carbocycles. The van der Waals surface area contributed by atoms with Crippen LogP contribution < -0.4 is 5.32 Å². The summed E-state index contributed by atoms with van der Waals surface area (Å²) in [5, 5.41) is 3.23. The van der Waals surface area contributed by atoms with Crippen LogP contribution in [0.25, 0.3) is 0 Å². The number of rotatable bonds is 4. The standard InChI is InChI=1S/C27H34N2O2/c1-19-17-25(28-26(30)23-9-4-3-7-21(19)23)29-14-12-27(13-15-29)18-20(11-16-31-2)22-8-5-6-10-24(22)27/h5-6,8,10,17,20H,1,3-4,7,9,11-16,18H2,2H3,(H,28,30). The quantitative estimate of drug-likeness (QED) is 0.753. The van der Waals surface area contributed by atoms with Crippen LogP contribution in [-0.2, 0) is 14.9 Å². The molecule has 1 atom stereocenters. The number of fused-ring (bicyclic) bond motifs is 2. The Morgan fingerprint density at radius 2 is 1.90 bits per heavy atom. The van der Waals surface area contributed by atoms with Gasteiger partial charge in [-0.2, -0.15) is 0 Å². The van der Waals surface area contributed by atoms with Crippen molar-refractivity contribution in [3.05, 3.63) is 70.6 Å². The lowest BCUT2D eigenvalue weighted by molar-refractivity contribution is -0.117. The molecule has 1 amide bonds. The monoisotopic (exact) mass is 418 g/mol. The van der Waals surface area contributed by atoms with E-state index in [1.807, 2.05) is 0 Å². The van der Waals surface area contributed by atoms with Crippen LogP contribution in [0.2, 0.25) is 0 Å². The maximum Gasteiger partial charge on any atom is 0.252 e. The predicted octanol–water partition coefficient (Wildman–Crippen LogP) is 4.94. The second-order valence-electron chi connectivity index (χ2n) is 9.71. The number of nitrogens with zero attached hydrogens (tertiary/aromatic N) is 1. The number of benzene rings is 1. The van der Waals surface area contributed by atoms with Crippen molar-refractivity contribution in [2.75, 3.05) is 26.8 Å². The molecular weight excluding hydrogens is 384 g/mol. The highest BCUT2D eigenvalue weighted by atomic mass is 16.5. The minimum atomic E-state index is 0.0886. The van der Waals surface area contributed by atoms with E-state index in [1.165, 1.54) is 17.6 Å². The van der Waals surface area contributed by atoms with Crippen molar-refractivity contribution >= 4 is 5.91 Å². The topological polar surface area (TPSA) is 41.6 Å². The first-order valence-corrected chi connectivity index (χ1v) is 11.9. The van der Waals surface area contributed by atoms with Gasteiger partial charge in [-0.05, 0) is 91.0 Å². The van der Waals surface area contributed by atoms with Crippen LogP contribution in [0.15, 0.2) is 59.5 Å².